The molecule has 1 aromatic carbocycles. The molecule has 0 saturated heterocycles. The Balaban J connectivity index is 2.62. The summed E-state index contributed by atoms with van der Waals surface area (Å²) in [7, 11) is 10.7. The number of hydrogen-bond donors (Lipinski definition) is 0. The van der Waals surface area contributed by atoms with Crippen LogP contribution in [-0.2, 0) is 9.37 Å². The van der Waals surface area contributed by atoms with Crippen molar-refractivity contribution < 1.29 is 14.6 Å². The van der Waals surface area contributed by atoms with Crippen molar-refractivity contribution in [1.29, 1.82) is 0 Å². The Kier molecular flexibility index (Phi) is 10.6. The molecule has 1 atom stereocenters. The van der Waals surface area contributed by atoms with E-state index in [0.29, 0.717) is 0 Å². The zero-order valence-corrected chi connectivity index (χ0v) is 17.8. The predicted molar refractivity (Wildman–Crippen MR) is 101 cm³/mol. The number of rotatable bonds is 11. The summed E-state index contributed by atoms with van der Waals surface area (Å²) in [6.07, 6.45) is 1.20. The number of quaternary nitrogens is 1. The first-order chi connectivity index (χ1) is 10.5. The molecule has 0 spiro atoms. The SMILES string of the molecule is CCCS[As](SCCSOO[O-])c1ccc([N+](C)(C)C)cc1. The molecular formula is C14H24AsNO3S3. The van der Waals surface area contributed by atoms with Gasteiger partial charge in [-0.2, -0.15) is 0 Å². The van der Waals surface area contributed by atoms with Gasteiger partial charge in [0.05, 0.1) is 0 Å². The number of nitrogens with zero attached hydrogens (tertiary/aromatic N) is 1. The second-order valence-electron chi connectivity index (χ2n) is 5.41. The summed E-state index contributed by atoms with van der Waals surface area (Å²) in [6.45, 7) is 2.22. The Morgan fingerprint density at radius 3 is 2.23 bits per heavy atom. The van der Waals surface area contributed by atoms with E-state index in [2.05, 4.69) is 71.7 Å². The van der Waals surface area contributed by atoms with Gasteiger partial charge in [-0.1, -0.05) is 0 Å². The van der Waals surface area contributed by atoms with E-state index in [1.165, 1.54) is 22.2 Å². The van der Waals surface area contributed by atoms with Gasteiger partial charge in [0.25, 0.3) is 0 Å². The van der Waals surface area contributed by atoms with E-state index in [1.807, 2.05) is 10.0 Å². The molecule has 0 heterocycles. The predicted octanol–water partition coefficient (Wildman–Crippen LogP) is 2.33. The molecule has 0 bridgehead atoms. The Labute approximate surface area is 149 Å². The van der Waals surface area contributed by atoms with E-state index in [4.69, 9.17) is 0 Å². The molecular weight excluding hydrogens is 401 g/mol. The van der Waals surface area contributed by atoms with Crippen LogP contribution in [0.4, 0.5) is 5.69 Å². The van der Waals surface area contributed by atoms with Crippen LogP contribution in [0.1, 0.15) is 13.3 Å². The minimum absolute atomic E-state index is 0.766. The van der Waals surface area contributed by atoms with Gasteiger partial charge in [-0.25, -0.2) is 0 Å². The van der Waals surface area contributed by atoms with Gasteiger partial charge in [0.15, 0.2) is 0 Å². The van der Waals surface area contributed by atoms with Crippen LogP contribution in [0, 0.1) is 0 Å². The van der Waals surface area contributed by atoms with Crippen molar-refractivity contribution in [3.63, 3.8) is 0 Å². The Hall–Kier alpha value is 0.668. The summed E-state index contributed by atoms with van der Waals surface area (Å²) < 4.78 is 6.63. The molecule has 0 radical (unpaired) electrons. The fourth-order valence-corrected chi connectivity index (χ4v) is 15.7. The first-order valence-electron chi connectivity index (χ1n) is 7.05. The summed E-state index contributed by atoms with van der Waals surface area (Å²) >= 11 is -0.0967. The third kappa shape index (κ3) is 7.97. The van der Waals surface area contributed by atoms with Crippen molar-refractivity contribution >= 4 is 54.5 Å². The molecule has 0 aromatic heterocycles. The van der Waals surface area contributed by atoms with Crippen LogP contribution in [0.2, 0.25) is 0 Å². The van der Waals surface area contributed by atoms with Gasteiger partial charge in [-0.3, -0.25) is 0 Å². The third-order valence-electron chi connectivity index (χ3n) is 2.70. The second kappa shape index (κ2) is 11.3. The normalized spacial score (nSPS) is 13.3. The van der Waals surface area contributed by atoms with Crippen molar-refractivity contribution in [2.75, 3.05) is 38.4 Å². The van der Waals surface area contributed by atoms with Crippen molar-refractivity contribution in [3.8, 4) is 0 Å². The zero-order chi connectivity index (χ0) is 16.4. The van der Waals surface area contributed by atoms with E-state index < -0.39 is 12.3 Å². The Bertz CT molecular complexity index is 415. The molecule has 22 heavy (non-hydrogen) atoms. The van der Waals surface area contributed by atoms with Crippen LogP contribution in [0.3, 0.4) is 0 Å². The van der Waals surface area contributed by atoms with E-state index in [9.17, 15) is 5.26 Å². The van der Waals surface area contributed by atoms with Gasteiger partial charge in [-0.05, 0) is 0 Å². The van der Waals surface area contributed by atoms with E-state index in [1.54, 1.807) is 0 Å². The Morgan fingerprint density at radius 2 is 1.68 bits per heavy atom. The van der Waals surface area contributed by atoms with Gasteiger partial charge < -0.3 is 0 Å². The zero-order valence-electron chi connectivity index (χ0n) is 13.5. The van der Waals surface area contributed by atoms with E-state index >= 15 is 0 Å². The molecule has 1 unspecified atom stereocenters. The fraction of sp³-hybridized carbons (Fsp3) is 0.571. The van der Waals surface area contributed by atoms with Crippen LogP contribution >= 0.6 is 32.1 Å². The fourth-order valence-electron chi connectivity index (χ4n) is 1.59. The van der Waals surface area contributed by atoms with Crippen LogP contribution in [0.15, 0.2) is 24.3 Å². The molecule has 0 amide bonds. The van der Waals surface area contributed by atoms with Crippen LogP contribution in [-0.4, -0.2) is 50.7 Å². The molecule has 0 saturated carbocycles. The van der Waals surface area contributed by atoms with Crippen molar-refractivity contribution in [1.82, 2.24) is 4.48 Å². The van der Waals surface area contributed by atoms with Crippen LogP contribution < -0.4 is 14.1 Å². The average Bonchev–Trinajstić information content (AvgIpc) is 2.49. The van der Waals surface area contributed by atoms with Crippen molar-refractivity contribution in [3.05, 3.63) is 24.3 Å². The first kappa shape index (κ1) is 20.7. The van der Waals surface area contributed by atoms with Crippen molar-refractivity contribution in [2.24, 2.45) is 0 Å². The Morgan fingerprint density at radius 1 is 1.05 bits per heavy atom. The van der Waals surface area contributed by atoms with Gasteiger partial charge in [0.2, 0.25) is 0 Å². The van der Waals surface area contributed by atoms with E-state index in [-0.39, 0.29) is 0 Å². The van der Waals surface area contributed by atoms with Gasteiger partial charge in [0.1, 0.15) is 0 Å². The minimum atomic E-state index is -1.17. The van der Waals surface area contributed by atoms with Crippen LogP contribution in [0.25, 0.3) is 0 Å². The first-order valence-corrected chi connectivity index (χ1v) is 15.4. The molecule has 4 nitrogen and oxygen atoms in total. The monoisotopic (exact) mass is 425 g/mol. The molecule has 0 fully saturated rings. The molecule has 0 aliphatic rings. The summed E-state index contributed by atoms with van der Waals surface area (Å²) in [5, 5.41) is 13.1. The standard InChI is InChI=1S/C14H24AsNO3S3/c1-5-10-20-15(21-11-12-22-19-18-17)13-6-8-14(9-7-13)16(2,3)4/h6-9H,5,10-12H2,1-4H3. The van der Waals surface area contributed by atoms with Gasteiger partial charge in [-0.15, -0.1) is 0 Å². The molecule has 1 aromatic rings. The topological polar surface area (TPSA) is 41.5 Å². The average molecular weight is 425 g/mol. The van der Waals surface area contributed by atoms with Crippen molar-refractivity contribution in [2.45, 2.75) is 13.3 Å². The number of hydrogen-bond acceptors (Lipinski definition) is 6. The summed E-state index contributed by atoms with van der Waals surface area (Å²) in [5.41, 5.74) is 1.32. The maximum atomic E-state index is 9.76. The third-order valence-corrected chi connectivity index (χ3v) is 17.2. The molecule has 1 rings (SSSR count). The molecule has 8 heteroatoms. The molecule has 126 valence electrons. The molecule has 0 aliphatic carbocycles. The van der Waals surface area contributed by atoms with E-state index in [0.717, 1.165) is 28.0 Å². The van der Waals surface area contributed by atoms with Gasteiger partial charge in [0, 0.05) is 0 Å². The number of benzene rings is 1. The maximum absolute atomic E-state index is 9.76. The molecule has 0 aliphatic heterocycles. The van der Waals surface area contributed by atoms with Crippen LogP contribution in [0.5, 0.6) is 0 Å². The summed E-state index contributed by atoms with van der Waals surface area (Å²) in [4.78, 5) is 0. The molecule has 0 N–H and O–H groups in total. The second-order valence-corrected chi connectivity index (χ2v) is 17.9. The summed E-state index contributed by atoms with van der Waals surface area (Å²) in [6, 6.07) is 9.07. The quantitative estimate of drug-likeness (QED) is 0.135. The van der Waals surface area contributed by atoms with Gasteiger partial charge >= 0.3 is 150 Å². The summed E-state index contributed by atoms with van der Waals surface area (Å²) in [5.74, 6) is 2.95.